The van der Waals surface area contributed by atoms with Gasteiger partial charge in [-0.2, -0.15) is 0 Å². The number of thiophene rings is 1. The molecule has 0 bridgehead atoms. The number of carbonyl (C=O) groups is 1. The van der Waals surface area contributed by atoms with Crippen LogP contribution in [0.15, 0.2) is 50.0 Å². The molecule has 0 saturated heterocycles. The van der Waals surface area contributed by atoms with E-state index in [1.807, 2.05) is 6.07 Å². The second kappa shape index (κ2) is 7.28. The Bertz CT molecular complexity index is 1340. The highest BCUT2D eigenvalue weighted by Gasteiger charge is 2.12. The number of rotatable bonds is 4. The Balaban J connectivity index is 1.54. The molecule has 0 aliphatic heterocycles. The lowest BCUT2D eigenvalue weighted by Gasteiger charge is -2.11. The topological polar surface area (TPSA) is 98.9 Å². The number of nitrogens with one attached hydrogen (secondary N) is 1. The summed E-state index contributed by atoms with van der Waals surface area (Å²) in [6.07, 6.45) is 1.43. The molecule has 8 nitrogen and oxygen atoms in total. The smallest absolute Gasteiger partial charge is 0.281 e. The number of halogens is 1. The molecular weight excluding hydrogens is 446 g/mol. The second-order valence-corrected chi connectivity index (χ2v) is 7.94. The van der Waals surface area contributed by atoms with Crippen LogP contribution in [0, 0.1) is 6.92 Å². The van der Waals surface area contributed by atoms with Gasteiger partial charge in [-0.3, -0.25) is 24.4 Å². The molecule has 1 N–H and O–H groups in total. The van der Waals surface area contributed by atoms with Crippen molar-refractivity contribution in [2.75, 3.05) is 5.43 Å². The number of aryl methyl sites for hydroxylation is 2. The zero-order valence-electron chi connectivity index (χ0n) is 14.7. The van der Waals surface area contributed by atoms with E-state index in [0.717, 1.165) is 9.15 Å². The van der Waals surface area contributed by atoms with Gasteiger partial charge < -0.3 is 0 Å². The van der Waals surface area contributed by atoms with Gasteiger partial charge in [0.25, 0.3) is 11.1 Å². The van der Waals surface area contributed by atoms with E-state index in [9.17, 15) is 14.4 Å². The summed E-state index contributed by atoms with van der Waals surface area (Å²) in [6.45, 7) is 1.79. The van der Waals surface area contributed by atoms with Crippen LogP contribution in [-0.4, -0.2) is 25.1 Å². The van der Waals surface area contributed by atoms with E-state index in [1.54, 1.807) is 30.5 Å². The van der Waals surface area contributed by atoms with Crippen molar-refractivity contribution in [3.63, 3.8) is 0 Å². The Morgan fingerprint density at radius 2 is 2.04 bits per heavy atom. The minimum atomic E-state index is -0.400. The van der Waals surface area contributed by atoms with Crippen LogP contribution in [0.25, 0.3) is 21.1 Å². The molecule has 0 atom stereocenters. The van der Waals surface area contributed by atoms with Gasteiger partial charge in [0, 0.05) is 17.4 Å². The maximum atomic E-state index is 12.6. The molecule has 3 heterocycles. The number of hydrogen-bond donors (Lipinski definition) is 1. The first kappa shape index (κ1) is 18.5. The van der Waals surface area contributed by atoms with E-state index in [4.69, 9.17) is 0 Å². The van der Waals surface area contributed by atoms with E-state index >= 15 is 0 Å². The van der Waals surface area contributed by atoms with Gasteiger partial charge in [-0.15, -0.1) is 11.3 Å². The lowest BCUT2D eigenvalue weighted by molar-refractivity contribution is -0.117. The molecule has 0 saturated carbocycles. The van der Waals surface area contributed by atoms with Crippen molar-refractivity contribution in [3.8, 4) is 0 Å². The summed E-state index contributed by atoms with van der Waals surface area (Å²) in [5, 5.41) is 2.70. The predicted octanol–water partition coefficient (Wildman–Crippen LogP) is 2.40. The molecule has 1 aromatic carbocycles. The molecule has 4 rings (SSSR count). The molecule has 0 unspecified atom stereocenters. The molecule has 0 spiro atoms. The first-order chi connectivity index (χ1) is 13.4. The molecule has 142 valence electrons. The fourth-order valence-electron chi connectivity index (χ4n) is 2.84. The molecule has 0 radical (unpaired) electrons. The number of hydrogen-bond acceptors (Lipinski definition) is 6. The summed E-state index contributed by atoms with van der Waals surface area (Å²) in [5.41, 5.74) is 2.59. The van der Waals surface area contributed by atoms with Crippen molar-refractivity contribution in [1.29, 1.82) is 0 Å². The average Bonchev–Trinajstić information content (AvgIpc) is 3.13. The summed E-state index contributed by atoms with van der Waals surface area (Å²) in [4.78, 5) is 46.6. The van der Waals surface area contributed by atoms with Gasteiger partial charge in [-0.05, 0) is 36.6 Å². The summed E-state index contributed by atoms with van der Waals surface area (Å²) >= 11 is 4.71. The Hall–Kier alpha value is -2.85. The van der Waals surface area contributed by atoms with Gasteiger partial charge in [-0.25, -0.2) is 14.6 Å². The van der Waals surface area contributed by atoms with E-state index in [0.29, 0.717) is 26.9 Å². The van der Waals surface area contributed by atoms with Crippen LogP contribution in [0.3, 0.4) is 0 Å². The minimum absolute atomic E-state index is 0.00858. The maximum absolute atomic E-state index is 12.6. The van der Waals surface area contributed by atoms with Crippen molar-refractivity contribution in [1.82, 2.24) is 19.2 Å². The van der Waals surface area contributed by atoms with E-state index in [-0.39, 0.29) is 24.1 Å². The molecule has 4 aromatic rings. The maximum Gasteiger partial charge on any atom is 0.281 e. The Morgan fingerprint density at radius 1 is 1.21 bits per heavy atom. The van der Waals surface area contributed by atoms with Crippen molar-refractivity contribution >= 4 is 54.3 Å². The summed E-state index contributed by atoms with van der Waals surface area (Å²) < 4.78 is 3.29. The molecule has 0 aliphatic carbocycles. The largest absolute Gasteiger partial charge is 0.298 e. The molecular formula is C18H14BrN5O3S. The number of nitrogens with zero attached hydrogens (tertiary/aromatic N) is 4. The lowest BCUT2D eigenvalue weighted by atomic mass is 10.2. The highest BCUT2D eigenvalue weighted by atomic mass is 79.9. The van der Waals surface area contributed by atoms with Crippen LogP contribution < -0.4 is 16.5 Å². The third kappa shape index (κ3) is 3.36. The van der Waals surface area contributed by atoms with Crippen LogP contribution >= 0.6 is 27.3 Å². The molecule has 0 fully saturated rings. The average molecular weight is 460 g/mol. The predicted molar refractivity (Wildman–Crippen MR) is 111 cm³/mol. The van der Waals surface area contributed by atoms with Crippen LogP contribution in [0.5, 0.6) is 0 Å². The van der Waals surface area contributed by atoms with E-state index in [1.165, 1.54) is 22.2 Å². The first-order valence-electron chi connectivity index (χ1n) is 8.35. The number of aromatic nitrogens is 4. The summed E-state index contributed by atoms with van der Waals surface area (Å²) in [7, 11) is 0. The highest BCUT2D eigenvalue weighted by Crippen LogP contribution is 2.15. The molecule has 28 heavy (non-hydrogen) atoms. The summed E-state index contributed by atoms with van der Waals surface area (Å²) in [5.74, 6) is -0.00879. The second-order valence-electron chi connectivity index (χ2n) is 6.13. The molecule has 1 amide bonds. The fraction of sp³-hybridized carbons (Fsp3) is 0.167. The van der Waals surface area contributed by atoms with E-state index in [2.05, 4.69) is 31.3 Å². The van der Waals surface area contributed by atoms with Crippen LogP contribution in [-0.2, 0) is 11.3 Å². The van der Waals surface area contributed by atoms with Crippen molar-refractivity contribution < 1.29 is 4.79 Å². The molecule has 3 aromatic heterocycles. The minimum Gasteiger partial charge on any atom is -0.298 e. The molecule has 0 aliphatic rings. The standard InChI is InChI=1S/C18H14BrN5O3S/c1-10-21-16-12(5-7-28-16)18(27)24(10)22-15(25)4-6-23-9-20-14-3-2-11(19)8-13(14)17(23)26/h2-3,5,7-9H,4,6H2,1H3,(H,22,25). The lowest BCUT2D eigenvalue weighted by Crippen LogP contribution is -2.36. The monoisotopic (exact) mass is 459 g/mol. The van der Waals surface area contributed by atoms with E-state index < -0.39 is 5.91 Å². The van der Waals surface area contributed by atoms with Gasteiger partial charge in [0.1, 0.15) is 10.7 Å². The van der Waals surface area contributed by atoms with Crippen molar-refractivity contribution in [2.24, 2.45) is 0 Å². The number of amides is 1. The Morgan fingerprint density at radius 3 is 2.86 bits per heavy atom. The quantitative estimate of drug-likeness (QED) is 0.505. The zero-order valence-corrected chi connectivity index (χ0v) is 17.1. The number of fused-ring (bicyclic) bond motifs is 2. The van der Waals surface area contributed by atoms with Crippen LogP contribution in [0.1, 0.15) is 12.2 Å². The SMILES string of the molecule is Cc1nc2sccc2c(=O)n1NC(=O)CCn1cnc2ccc(Br)cc2c1=O. The van der Waals surface area contributed by atoms with Crippen LogP contribution in [0.4, 0.5) is 0 Å². The van der Waals surface area contributed by atoms with Crippen molar-refractivity contribution in [3.05, 3.63) is 67.0 Å². The number of benzene rings is 1. The third-order valence-corrected chi connectivity index (χ3v) is 5.57. The fourth-order valence-corrected chi connectivity index (χ4v) is 4.00. The normalized spacial score (nSPS) is 11.2. The first-order valence-corrected chi connectivity index (χ1v) is 10.0. The van der Waals surface area contributed by atoms with Gasteiger partial charge >= 0.3 is 0 Å². The number of carbonyl (C=O) groups excluding carboxylic acids is 1. The Labute approximate surface area is 170 Å². The third-order valence-electron chi connectivity index (χ3n) is 4.27. The molecule has 10 heteroatoms. The van der Waals surface area contributed by atoms with Gasteiger partial charge in [0.05, 0.1) is 22.6 Å². The van der Waals surface area contributed by atoms with Gasteiger partial charge in [0.2, 0.25) is 5.91 Å². The van der Waals surface area contributed by atoms with Gasteiger partial charge in [0.15, 0.2) is 0 Å². The Kier molecular flexibility index (Phi) is 4.82. The van der Waals surface area contributed by atoms with Crippen molar-refractivity contribution in [2.45, 2.75) is 19.9 Å². The summed E-state index contributed by atoms with van der Waals surface area (Å²) in [6, 6.07) is 6.94. The van der Waals surface area contributed by atoms with Gasteiger partial charge in [-0.1, -0.05) is 15.9 Å². The zero-order chi connectivity index (χ0) is 19.8. The van der Waals surface area contributed by atoms with Crippen LogP contribution in [0.2, 0.25) is 0 Å². The highest BCUT2D eigenvalue weighted by molar-refractivity contribution is 9.10.